The van der Waals surface area contributed by atoms with Gasteiger partial charge in [-0.05, 0) is 61.7 Å². The van der Waals surface area contributed by atoms with Gasteiger partial charge in [-0.25, -0.2) is 4.79 Å². The molecule has 4 heteroatoms. The minimum atomic E-state index is -0.668. The topological polar surface area (TPSA) is 52.6 Å². The van der Waals surface area contributed by atoms with E-state index in [1.54, 1.807) is 0 Å². The van der Waals surface area contributed by atoms with Gasteiger partial charge in [-0.15, -0.1) is 0 Å². The van der Waals surface area contributed by atoms with Crippen LogP contribution in [0.3, 0.4) is 0 Å². The number of cyclic esters (lactones) is 1. The van der Waals surface area contributed by atoms with Gasteiger partial charge in [-0.2, -0.15) is 0 Å². The SMILES string of the molecule is CCC1CC(CC)C2C1C1CC2C(C)(C(=O)OC2CCOC2=O)C1. The summed E-state index contributed by atoms with van der Waals surface area (Å²) in [6.07, 6.45) is 5.82. The molecule has 2 bridgehead atoms. The van der Waals surface area contributed by atoms with E-state index in [0.29, 0.717) is 30.8 Å². The van der Waals surface area contributed by atoms with E-state index < -0.39 is 11.5 Å². The zero-order chi connectivity index (χ0) is 17.1. The van der Waals surface area contributed by atoms with E-state index in [1.165, 1.54) is 25.7 Å². The van der Waals surface area contributed by atoms with E-state index in [1.807, 2.05) is 0 Å². The van der Waals surface area contributed by atoms with Gasteiger partial charge in [-0.1, -0.05) is 26.7 Å². The Morgan fingerprint density at radius 2 is 1.92 bits per heavy atom. The zero-order valence-electron chi connectivity index (χ0n) is 15.1. The molecule has 4 fully saturated rings. The summed E-state index contributed by atoms with van der Waals surface area (Å²) in [5.74, 6) is 3.72. The molecule has 4 rings (SSSR count). The smallest absolute Gasteiger partial charge is 0.347 e. The van der Waals surface area contributed by atoms with Crippen molar-refractivity contribution in [3.05, 3.63) is 0 Å². The normalized spacial score (nSPS) is 49.3. The fourth-order valence-corrected chi connectivity index (χ4v) is 6.83. The average Bonchev–Trinajstić information content (AvgIpc) is 3.29. The van der Waals surface area contributed by atoms with Crippen molar-refractivity contribution in [2.45, 2.75) is 65.4 Å². The molecule has 0 aromatic rings. The van der Waals surface area contributed by atoms with Gasteiger partial charge in [0, 0.05) is 6.42 Å². The molecule has 1 aliphatic heterocycles. The van der Waals surface area contributed by atoms with Gasteiger partial charge in [0.05, 0.1) is 12.0 Å². The first-order valence-electron chi connectivity index (χ1n) is 9.87. The van der Waals surface area contributed by atoms with Gasteiger partial charge in [0.15, 0.2) is 0 Å². The summed E-state index contributed by atoms with van der Waals surface area (Å²) in [5.41, 5.74) is -0.398. The molecule has 3 saturated carbocycles. The van der Waals surface area contributed by atoms with Crippen LogP contribution in [0.5, 0.6) is 0 Å². The van der Waals surface area contributed by atoms with Crippen molar-refractivity contribution >= 4 is 11.9 Å². The maximum atomic E-state index is 13.0. The van der Waals surface area contributed by atoms with Crippen LogP contribution in [0.25, 0.3) is 0 Å². The Labute approximate surface area is 144 Å². The van der Waals surface area contributed by atoms with Crippen LogP contribution in [-0.4, -0.2) is 24.6 Å². The number of hydrogen-bond acceptors (Lipinski definition) is 4. The molecular formula is C20H30O4. The van der Waals surface area contributed by atoms with Crippen molar-refractivity contribution in [1.29, 1.82) is 0 Å². The lowest BCUT2D eigenvalue weighted by Crippen LogP contribution is -2.44. The van der Waals surface area contributed by atoms with Crippen LogP contribution in [0.4, 0.5) is 0 Å². The highest BCUT2D eigenvalue weighted by Gasteiger charge is 2.66. The molecule has 0 N–H and O–H groups in total. The molecule has 0 aromatic carbocycles. The number of fused-ring (bicyclic) bond motifs is 5. The first-order valence-corrected chi connectivity index (χ1v) is 9.87. The second-order valence-corrected chi connectivity index (χ2v) is 8.80. The fraction of sp³-hybridized carbons (Fsp3) is 0.900. The molecule has 1 heterocycles. The molecule has 8 atom stereocenters. The largest absolute Gasteiger partial charge is 0.463 e. The molecular weight excluding hydrogens is 304 g/mol. The van der Waals surface area contributed by atoms with Crippen LogP contribution in [0, 0.1) is 40.9 Å². The summed E-state index contributed by atoms with van der Waals surface area (Å²) in [6, 6.07) is 0. The van der Waals surface area contributed by atoms with E-state index in [0.717, 1.165) is 24.2 Å². The number of carbonyl (C=O) groups excluding carboxylic acids is 2. The summed E-state index contributed by atoms with van der Waals surface area (Å²) in [5, 5.41) is 0. The van der Waals surface area contributed by atoms with E-state index in [9.17, 15) is 9.59 Å². The third-order valence-electron chi connectivity index (χ3n) is 7.86. The standard InChI is InChI=1S/C20H30O4/c1-4-11-8-12(5-2)17-14-9-13(16(11)17)10-20(14,3)19(22)24-15-6-7-23-18(15)21/h11-17H,4-10H2,1-3H3. The third kappa shape index (κ3) is 2.17. The van der Waals surface area contributed by atoms with Crippen molar-refractivity contribution in [1.82, 2.24) is 0 Å². The molecule has 0 amide bonds. The first kappa shape index (κ1) is 16.4. The molecule has 4 nitrogen and oxygen atoms in total. The summed E-state index contributed by atoms with van der Waals surface area (Å²) in [6.45, 7) is 7.10. The third-order valence-corrected chi connectivity index (χ3v) is 7.86. The van der Waals surface area contributed by atoms with E-state index in [2.05, 4.69) is 20.8 Å². The first-order chi connectivity index (χ1) is 11.5. The Kier molecular flexibility index (Phi) is 3.92. The van der Waals surface area contributed by atoms with Gasteiger partial charge >= 0.3 is 11.9 Å². The maximum Gasteiger partial charge on any atom is 0.347 e. The van der Waals surface area contributed by atoms with E-state index in [-0.39, 0.29) is 11.9 Å². The van der Waals surface area contributed by atoms with Gasteiger partial charge in [0.25, 0.3) is 0 Å². The lowest BCUT2D eigenvalue weighted by atomic mass is 9.63. The van der Waals surface area contributed by atoms with Gasteiger partial charge in [0.1, 0.15) is 0 Å². The molecule has 0 spiro atoms. The fourth-order valence-electron chi connectivity index (χ4n) is 6.83. The molecule has 0 aromatic heterocycles. The van der Waals surface area contributed by atoms with Crippen LogP contribution in [0.1, 0.15) is 59.3 Å². The van der Waals surface area contributed by atoms with Crippen LogP contribution >= 0.6 is 0 Å². The van der Waals surface area contributed by atoms with E-state index >= 15 is 0 Å². The molecule has 1 saturated heterocycles. The monoisotopic (exact) mass is 334 g/mol. The van der Waals surface area contributed by atoms with Gasteiger partial charge < -0.3 is 9.47 Å². The average molecular weight is 334 g/mol. The summed E-state index contributed by atoms with van der Waals surface area (Å²) in [4.78, 5) is 24.6. The molecule has 4 aliphatic rings. The lowest BCUT2D eigenvalue weighted by molar-refractivity contribution is -0.172. The van der Waals surface area contributed by atoms with Crippen molar-refractivity contribution in [2.75, 3.05) is 6.61 Å². The van der Waals surface area contributed by atoms with Crippen LogP contribution in [0.2, 0.25) is 0 Å². The van der Waals surface area contributed by atoms with Crippen LogP contribution in [-0.2, 0) is 19.1 Å². The highest BCUT2D eigenvalue weighted by Crippen LogP contribution is 2.69. The molecule has 8 unspecified atom stereocenters. The van der Waals surface area contributed by atoms with Gasteiger partial charge in [0.2, 0.25) is 6.10 Å². The second-order valence-electron chi connectivity index (χ2n) is 8.80. The molecule has 3 aliphatic carbocycles. The van der Waals surface area contributed by atoms with Crippen LogP contribution < -0.4 is 0 Å². The maximum absolute atomic E-state index is 13.0. The Balaban J connectivity index is 1.53. The Morgan fingerprint density at radius 3 is 2.54 bits per heavy atom. The Bertz CT molecular complexity index is 544. The summed E-state index contributed by atoms with van der Waals surface area (Å²) in [7, 11) is 0. The lowest BCUT2D eigenvalue weighted by Gasteiger charge is -2.41. The number of ether oxygens (including phenoxy) is 2. The Morgan fingerprint density at radius 1 is 1.21 bits per heavy atom. The van der Waals surface area contributed by atoms with Crippen molar-refractivity contribution < 1.29 is 19.1 Å². The highest BCUT2D eigenvalue weighted by atomic mass is 16.6. The van der Waals surface area contributed by atoms with Crippen molar-refractivity contribution in [3.63, 3.8) is 0 Å². The molecule has 134 valence electrons. The number of hydrogen-bond donors (Lipinski definition) is 0. The zero-order valence-corrected chi connectivity index (χ0v) is 15.1. The van der Waals surface area contributed by atoms with Crippen molar-refractivity contribution in [3.8, 4) is 0 Å². The van der Waals surface area contributed by atoms with Crippen molar-refractivity contribution in [2.24, 2.45) is 40.9 Å². The number of rotatable bonds is 4. The van der Waals surface area contributed by atoms with E-state index in [4.69, 9.17) is 9.47 Å². The minimum Gasteiger partial charge on any atom is -0.463 e. The quantitative estimate of drug-likeness (QED) is 0.737. The van der Waals surface area contributed by atoms with Gasteiger partial charge in [-0.3, -0.25) is 4.79 Å². The highest BCUT2D eigenvalue weighted by molar-refractivity contribution is 5.83. The summed E-state index contributed by atoms with van der Waals surface area (Å²) >= 11 is 0. The molecule has 24 heavy (non-hydrogen) atoms. The predicted molar refractivity (Wildman–Crippen MR) is 88.9 cm³/mol. The second kappa shape index (κ2) is 5.74. The Hall–Kier alpha value is -1.06. The summed E-state index contributed by atoms with van der Waals surface area (Å²) < 4.78 is 10.6. The minimum absolute atomic E-state index is 0.146. The molecule has 0 radical (unpaired) electrons. The number of carbonyl (C=O) groups is 2. The predicted octanol–water partition coefficient (Wildman–Crippen LogP) is 3.58. The number of esters is 2. The van der Waals surface area contributed by atoms with Crippen LogP contribution in [0.15, 0.2) is 0 Å².